The zero-order valence-corrected chi connectivity index (χ0v) is 10.5. The summed E-state index contributed by atoms with van der Waals surface area (Å²) in [4.78, 5) is 13.0. The molecule has 2 N–H and O–H groups in total. The van der Waals surface area contributed by atoms with Crippen LogP contribution >= 0.6 is 11.6 Å². The Morgan fingerprint density at radius 3 is 3.00 bits per heavy atom. The van der Waals surface area contributed by atoms with Crippen LogP contribution in [-0.4, -0.2) is 37.1 Å². The molecular formula is C12H13ClN4O. The van der Waals surface area contributed by atoms with E-state index in [4.69, 9.17) is 16.9 Å². The molecule has 0 aliphatic carbocycles. The molecule has 5 nitrogen and oxygen atoms in total. The quantitative estimate of drug-likeness (QED) is 0.869. The predicted molar refractivity (Wildman–Crippen MR) is 69.6 cm³/mol. The molecule has 2 amide bonds. The van der Waals surface area contributed by atoms with Gasteiger partial charge in [-0.15, -0.1) is 0 Å². The molecule has 18 heavy (non-hydrogen) atoms. The second-order valence-electron chi connectivity index (χ2n) is 3.95. The molecule has 0 aromatic heterocycles. The molecule has 1 fully saturated rings. The first-order valence-corrected chi connectivity index (χ1v) is 6.05. The molecule has 0 spiro atoms. The minimum atomic E-state index is -0.0188. The Kier molecular flexibility index (Phi) is 3.90. The Balaban J connectivity index is 1.85. The summed E-state index contributed by atoms with van der Waals surface area (Å²) in [5.41, 5.74) is 1.31. The number of amides is 2. The van der Waals surface area contributed by atoms with Gasteiger partial charge in [-0.1, -0.05) is 11.6 Å². The second-order valence-corrected chi connectivity index (χ2v) is 4.36. The molecule has 1 aromatic rings. The van der Waals surface area contributed by atoms with E-state index >= 15 is 0 Å². The van der Waals surface area contributed by atoms with E-state index in [-0.39, 0.29) is 6.03 Å². The molecule has 0 unspecified atom stereocenters. The van der Waals surface area contributed by atoms with E-state index in [2.05, 4.69) is 10.6 Å². The number of hydrogen-bond donors (Lipinski definition) is 2. The van der Waals surface area contributed by atoms with Crippen LogP contribution in [0.3, 0.4) is 0 Å². The highest BCUT2D eigenvalue weighted by atomic mass is 35.5. The van der Waals surface area contributed by atoms with Crippen LogP contribution in [0, 0.1) is 11.3 Å². The predicted octanol–water partition coefficient (Wildman–Crippen LogP) is 1.65. The Hall–Kier alpha value is -1.93. The lowest BCUT2D eigenvalue weighted by Crippen LogP contribution is -2.32. The third-order valence-corrected chi connectivity index (χ3v) is 3.06. The van der Waals surface area contributed by atoms with Crippen LogP contribution in [0.2, 0.25) is 5.02 Å². The van der Waals surface area contributed by atoms with Gasteiger partial charge in [-0.05, 0) is 18.2 Å². The second kappa shape index (κ2) is 5.61. The van der Waals surface area contributed by atoms with Gasteiger partial charge in [0.05, 0.1) is 10.6 Å². The largest absolute Gasteiger partial charge is 0.383 e. The number of nitrogens with one attached hydrogen (secondary N) is 2. The molecule has 1 aromatic carbocycles. The Morgan fingerprint density at radius 1 is 1.56 bits per heavy atom. The number of benzene rings is 1. The molecule has 2 rings (SSSR count). The first-order chi connectivity index (χ1) is 8.70. The normalized spacial score (nSPS) is 14.2. The van der Waals surface area contributed by atoms with E-state index < -0.39 is 0 Å². The van der Waals surface area contributed by atoms with Crippen molar-refractivity contribution in [2.75, 3.05) is 31.5 Å². The highest BCUT2D eigenvalue weighted by Gasteiger charge is 2.18. The lowest BCUT2D eigenvalue weighted by Gasteiger charge is -2.15. The molecule has 1 saturated heterocycles. The fraction of sp³-hybridized carbons (Fsp3) is 0.333. The Labute approximate surface area is 110 Å². The van der Waals surface area contributed by atoms with Crippen molar-refractivity contribution in [3.8, 4) is 6.07 Å². The van der Waals surface area contributed by atoms with Gasteiger partial charge in [0.25, 0.3) is 0 Å². The lowest BCUT2D eigenvalue weighted by molar-refractivity contribution is 0.219. The maximum atomic E-state index is 11.3. The fourth-order valence-electron chi connectivity index (χ4n) is 1.78. The summed E-state index contributed by atoms with van der Waals surface area (Å²) < 4.78 is 0. The molecule has 6 heteroatoms. The highest BCUT2D eigenvalue weighted by molar-refractivity contribution is 6.32. The average Bonchev–Trinajstić information content (AvgIpc) is 2.75. The summed E-state index contributed by atoms with van der Waals surface area (Å²) in [6.45, 7) is 2.75. The molecule has 1 heterocycles. The van der Waals surface area contributed by atoms with Crippen molar-refractivity contribution in [1.29, 1.82) is 5.26 Å². The van der Waals surface area contributed by atoms with E-state index in [0.29, 0.717) is 30.2 Å². The summed E-state index contributed by atoms with van der Waals surface area (Å²) in [6, 6.07) is 7.18. The summed E-state index contributed by atoms with van der Waals surface area (Å²) in [6.07, 6.45) is 0. The molecule has 0 radical (unpaired) electrons. The minimum Gasteiger partial charge on any atom is -0.383 e. The van der Waals surface area contributed by atoms with Gasteiger partial charge >= 0.3 is 6.03 Å². The smallest absolute Gasteiger partial charge is 0.317 e. The van der Waals surface area contributed by atoms with Crippen molar-refractivity contribution < 1.29 is 4.79 Å². The summed E-state index contributed by atoms with van der Waals surface area (Å²) in [5.74, 6) is 0. The van der Waals surface area contributed by atoms with Gasteiger partial charge in [0, 0.05) is 31.9 Å². The van der Waals surface area contributed by atoms with E-state index in [0.717, 1.165) is 12.2 Å². The molecule has 1 aliphatic rings. The van der Waals surface area contributed by atoms with Gasteiger partial charge in [-0.25, -0.2) is 4.79 Å². The zero-order valence-electron chi connectivity index (χ0n) is 9.74. The van der Waals surface area contributed by atoms with Crippen molar-refractivity contribution in [2.24, 2.45) is 0 Å². The van der Waals surface area contributed by atoms with E-state index in [9.17, 15) is 4.79 Å². The van der Waals surface area contributed by atoms with E-state index in [1.165, 1.54) is 0 Å². The van der Waals surface area contributed by atoms with E-state index in [1.54, 1.807) is 23.1 Å². The first-order valence-electron chi connectivity index (χ1n) is 5.67. The number of rotatable bonds is 4. The number of carbonyl (C=O) groups is 1. The first kappa shape index (κ1) is 12.5. The number of carbonyl (C=O) groups excluding carboxylic acids is 1. The van der Waals surface area contributed by atoms with Gasteiger partial charge in [0.15, 0.2) is 0 Å². The highest BCUT2D eigenvalue weighted by Crippen LogP contribution is 2.19. The van der Waals surface area contributed by atoms with Gasteiger partial charge in [0.1, 0.15) is 6.07 Å². The van der Waals surface area contributed by atoms with Crippen LogP contribution in [0.1, 0.15) is 5.56 Å². The molecular weight excluding hydrogens is 252 g/mol. The number of anilines is 1. The summed E-state index contributed by atoms with van der Waals surface area (Å²) >= 11 is 5.92. The zero-order chi connectivity index (χ0) is 13.0. The van der Waals surface area contributed by atoms with Crippen LogP contribution < -0.4 is 10.6 Å². The topological polar surface area (TPSA) is 68.2 Å². The molecule has 1 aliphatic heterocycles. The van der Waals surface area contributed by atoms with Gasteiger partial charge in [0.2, 0.25) is 0 Å². The summed E-state index contributed by atoms with van der Waals surface area (Å²) in [7, 11) is 0. The number of nitrogens with zero attached hydrogens (tertiary/aromatic N) is 2. The SMILES string of the molecule is N#Cc1ccc(NCCN2CCNC2=O)cc1Cl. The standard InChI is InChI=1S/C12H13ClN4O/c13-11-7-10(2-1-9(11)8-14)15-3-5-17-6-4-16-12(17)18/h1-2,7,15H,3-6H2,(H,16,18). The van der Waals surface area contributed by atoms with Crippen LogP contribution in [0.4, 0.5) is 10.5 Å². The lowest BCUT2D eigenvalue weighted by atomic mass is 10.2. The van der Waals surface area contributed by atoms with Crippen LogP contribution in [-0.2, 0) is 0 Å². The molecule has 0 bridgehead atoms. The number of halogens is 1. The number of nitriles is 1. The average molecular weight is 265 g/mol. The maximum absolute atomic E-state index is 11.3. The Morgan fingerprint density at radius 2 is 2.39 bits per heavy atom. The Bertz CT molecular complexity index is 497. The van der Waals surface area contributed by atoms with Crippen molar-refractivity contribution in [2.45, 2.75) is 0 Å². The molecule has 94 valence electrons. The minimum absolute atomic E-state index is 0.0188. The van der Waals surface area contributed by atoms with Crippen molar-refractivity contribution >= 4 is 23.3 Å². The van der Waals surface area contributed by atoms with Crippen LogP contribution in [0.25, 0.3) is 0 Å². The molecule has 0 saturated carbocycles. The van der Waals surface area contributed by atoms with Crippen molar-refractivity contribution in [3.05, 3.63) is 28.8 Å². The number of urea groups is 1. The van der Waals surface area contributed by atoms with Gasteiger partial charge in [-0.3, -0.25) is 0 Å². The van der Waals surface area contributed by atoms with Gasteiger partial charge in [-0.2, -0.15) is 5.26 Å². The van der Waals surface area contributed by atoms with Crippen molar-refractivity contribution in [1.82, 2.24) is 10.2 Å². The fourth-order valence-corrected chi connectivity index (χ4v) is 2.00. The number of hydrogen-bond acceptors (Lipinski definition) is 3. The molecule has 0 atom stereocenters. The van der Waals surface area contributed by atoms with Crippen LogP contribution in [0.15, 0.2) is 18.2 Å². The third-order valence-electron chi connectivity index (χ3n) is 2.75. The van der Waals surface area contributed by atoms with Gasteiger partial charge < -0.3 is 15.5 Å². The van der Waals surface area contributed by atoms with Crippen LogP contribution in [0.5, 0.6) is 0 Å². The maximum Gasteiger partial charge on any atom is 0.317 e. The van der Waals surface area contributed by atoms with Crippen molar-refractivity contribution in [3.63, 3.8) is 0 Å². The summed E-state index contributed by atoms with van der Waals surface area (Å²) in [5, 5.41) is 15.1. The monoisotopic (exact) mass is 264 g/mol. The third kappa shape index (κ3) is 2.84. The van der Waals surface area contributed by atoms with E-state index in [1.807, 2.05) is 6.07 Å².